The maximum atomic E-state index is 12.5. The molecule has 2 aliphatic rings. The second-order valence-corrected chi connectivity index (χ2v) is 6.05. The first-order valence-corrected chi connectivity index (χ1v) is 8.04. The van der Waals surface area contributed by atoms with Gasteiger partial charge in [0, 0.05) is 43.5 Å². The van der Waals surface area contributed by atoms with Gasteiger partial charge in [-0.2, -0.15) is 8.78 Å². The standard InChI is InChI=1S/C17H21F2N3O2/c1-12-14(5-4-6-15(12)24-16(18)19)20-17(23)22-10-7-13(11-22)21-8-2-3-9-21/h2-6,13,16H,7-11H2,1H3,(H,20,23). The van der Waals surface area contributed by atoms with E-state index in [1.165, 1.54) is 6.07 Å². The van der Waals surface area contributed by atoms with Crippen LogP contribution in [0.3, 0.4) is 0 Å². The van der Waals surface area contributed by atoms with Crippen LogP contribution in [0.25, 0.3) is 0 Å². The number of benzene rings is 1. The second kappa shape index (κ2) is 7.17. The number of nitrogens with zero attached hydrogens (tertiary/aromatic N) is 2. The molecule has 1 atom stereocenters. The molecule has 0 bridgehead atoms. The summed E-state index contributed by atoms with van der Waals surface area (Å²) in [6.07, 6.45) is 5.23. The third-order valence-electron chi connectivity index (χ3n) is 4.56. The van der Waals surface area contributed by atoms with Gasteiger partial charge in [-0.05, 0) is 25.5 Å². The SMILES string of the molecule is Cc1c(NC(=O)N2CCC(N3CC=CC3)C2)cccc1OC(F)F. The molecule has 24 heavy (non-hydrogen) atoms. The lowest BCUT2D eigenvalue weighted by Gasteiger charge is -2.24. The molecule has 7 heteroatoms. The molecule has 5 nitrogen and oxygen atoms in total. The summed E-state index contributed by atoms with van der Waals surface area (Å²) >= 11 is 0. The third kappa shape index (κ3) is 3.67. The lowest BCUT2D eigenvalue weighted by molar-refractivity contribution is -0.0502. The molecule has 0 spiro atoms. The highest BCUT2D eigenvalue weighted by Crippen LogP contribution is 2.27. The Bertz CT molecular complexity index is 628. The molecule has 0 aliphatic carbocycles. The Hall–Kier alpha value is -2.15. The number of anilines is 1. The average Bonchev–Trinajstić information content (AvgIpc) is 3.21. The van der Waals surface area contributed by atoms with Crippen LogP contribution >= 0.6 is 0 Å². The number of likely N-dealkylation sites (tertiary alicyclic amines) is 1. The first-order chi connectivity index (χ1) is 11.5. The minimum atomic E-state index is -2.89. The first-order valence-electron chi connectivity index (χ1n) is 8.04. The number of carbonyl (C=O) groups is 1. The van der Waals surface area contributed by atoms with E-state index in [-0.39, 0.29) is 11.8 Å². The summed E-state index contributed by atoms with van der Waals surface area (Å²) in [5, 5.41) is 2.80. The maximum Gasteiger partial charge on any atom is 0.387 e. The molecule has 1 N–H and O–H groups in total. The summed E-state index contributed by atoms with van der Waals surface area (Å²) < 4.78 is 29.3. The molecule has 2 heterocycles. The molecule has 0 saturated carbocycles. The number of rotatable bonds is 4. The Morgan fingerprint density at radius 3 is 2.79 bits per heavy atom. The van der Waals surface area contributed by atoms with E-state index >= 15 is 0 Å². The van der Waals surface area contributed by atoms with Crippen molar-refractivity contribution in [2.75, 3.05) is 31.5 Å². The van der Waals surface area contributed by atoms with Gasteiger partial charge in [-0.1, -0.05) is 18.2 Å². The van der Waals surface area contributed by atoms with E-state index in [9.17, 15) is 13.6 Å². The Labute approximate surface area is 139 Å². The number of ether oxygens (including phenoxy) is 1. The van der Waals surface area contributed by atoms with Gasteiger partial charge in [-0.15, -0.1) is 0 Å². The summed E-state index contributed by atoms with van der Waals surface area (Å²) in [5.74, 6) is 0.0743. The Balaban J connectivity index is 1.61. The zero-order chi connectivity index (χ0) is 17.1. The lowest BCUT2D eigenvalue weighted by Crippen LogP contribution is -2.39. The molecule has 0 aromatic heterocycles. The largest absolute Gasteiger partial charge is 0.434 e. The number of hydrogen-bond acceptors (Lipinski definition) is 3. The number of urea groups is 1. The molecule has 0 radical (unpaired) electrons. The van der Waals surface area contributed by atoms with Crippen LogP contribution in [0.4, 0.5) is 19.3 Å². The van der Waals surface area contributed by atoms with Crippen molar-refractivity contribution < 1.29 is 18.3 Å². The number of amides is 2. The number of carbonyl (C=O) groups excluding carboxylic acids is 1. The lowest BCUT2D eigenvalue weighted by atomic mass is 10.2. The molecule has 2 aliphatic heterocycles. The van der Waals surface area contributed by atoms with Crippen LogP contribution in [0.5, 0.6) is 5.75 Å². The van der Waals surface area contributed by atoms with Crippen LogP contribution in [0, 0.1) is 6.92 Å². The van der Waals surface area contributed by atoms with Gasteiger partial charge in [0.2, 0.25) is 0 Å². The molecule has 3 rings (SSSR count). The van der Waals surface area contributed by atoms with Gasteiger partial charge in [0.25, 0.3) is 0 Å². The summed E-state index contributed by atoms with van der Waals surface area (Å²) in [5.41, 5.74) is 0.982. The first kappa shape index (κ1) is 16.7. The number of nitrogens with one attached hydrogen (secondary N) is 1. The van der Waals surface area contributed by atoms with Crippen LogP contribution in [-0.4, -0.2) is 54.7 Å². The average molecular weight is 337 g/mol. The van der Waals surface area contributed by atoms with E-state index in [0.717, 1.165) is 19.5 Å². The second-order valence-electron chi connectivity index (χ2n) is 6.05. The van der Waals surface area contributed by atoms with Gasteiger partial charge >= 0.3 is 12.6 Å². The minimum absolute atomic E-state index is 0.0743. The molecule has 1 unspecified atom stereocenters. The van der Waals surface area contributed by atoms with Gasteiger partial charge < -0.3 is 15.0 Å². The van der Waals surface area contributed by atoms with Crippen molar-refractivity contribution >= 4 is 11.7 Å². The predicted octanol–water partition coefficient (Wildman–Crippen LogP) is 3.07. The van der Waals surface area contributed by atoms with Crippen molar-refractivity contribution in [2.24, 2.45) is 0 Å². The number of alkyl halides is 2. The molecular weight excluding hydrogens is 316 g/mol. The van der Waals surface area contributed by atoms with Crippen LogP contribution in [0.2, 0.25) is 0 Å². The quantitative estimate of drug-likeness (QED) is 0.859. The van der Waals surface area contributed by atoms with Crippen molar-refractivity contribution in [2.45, 2.75) is 26.0 Å². The summed E-state index contributed by atoms with van der Waals surface area (Å²) in [7, 11) is 0. The van der Waals surface area contributed by atoms with Gasteiger partial charge in [0.1, 0.15) is 5.75 Å². The maximum absolute atomic E-state index is 12.5. The van der Waals surface area contributed by atoms with E-state index in [1.54, 1.807) is 24.0 Å². The Kier molecular flexibility index (Phi) is 4.99. The minimum Gasteiger partial charge on any atom is -0.434 e. The summed E-state index contributed by atoms with van der Waals surface area (Å²) in [6.45, 7) is 2.01. The normalized spacial score (nSPS) is 20.8. The van der Waals surface area contributed by atoms with Crippen LogP contribution < -0.4 is 10.1 Å². The topological polar surface area (TPSA) is 44.8 Å². The molecule has 2 amide bonds. The molecule has 130 valence electrons. The Morgan fingerprint density at radius 1 is 1.33 bits per heavy atom. The van der Waals surface area contributed by atoms with E-state index in [0.29, 0.717) is 30.4 Å². The van der Waals surface area contributed by atoms with Crippen LogP contribution in [0.1, 0.15) is 12.0 Å². The zero-order valence-electron chi connectivity index (χ0n) is 13.5. The monoisotopic (exact) mass is 337 g/mol. The smallest absolute Gasteiger partial charge is 0.387 e. The van der Waals surface area contributed by atoms with E-state index in [2.05, 4.69) is 27.1 Å². The van der Waals surface area contributed by atoms with Gasteiger partial charge in [0.15, 0.2) is 0 Å². The fourth-order valence-electron chi connectivity index (χ4n) is 3.18. The van der Waals surface area contributed by atoms with Crippen molar-refractivity contribution in [3.05, 3.63) is 35.9 Å². The molecule has 1 fully saturated rings. The Morgan fingerprint density at radius 2 is 2.08 bits per heavy atom. The molecule has 1 aromatic rings. The molecule has 1 aromatic carbocycles. The fourth-order valence-corrected chi connectivity index (χ4v) is 3.18. The highest BCUT2D eigenvalue weighted by atomic mass is 19.3. The number of hydrogen-bond donors (Lipinski definition) is 1. The van der Waals surface area contributed by atoms with Gasteiger partial charge in [-0.3, -0.25) is 4.90 Å². The summed E-state index contributed by atoms with van der Waals surface area (Å²) in [4.78, 5) is 16.6. The third-order valence-corrected chi connectivity index (χ3v) is 4.56. The van der Waals surface area contributed by atoms with Crippen molar-refractivity contribution in [3.8, 4) is 5.75 Å². The van der Waals surface area contributed by atoms with Crippen LogP contribution in [-0.2, 0) is 0 Å². The summed E-state index contributed by atoms with van der Waals surface area (Å²) in [6, 6.07) is 4.90. The fraction of sp³-hybridized carbons (Fsp3) is 0.471. The molecular formula is C17H21F2N3O2. The van der Waals surface area contributed by atoms with Gasteiger partial charge in [0.05, 0.1) is 0 Å². The zero-order valence-corrected chi connectivity index (χ0v) is 13.5. The van der Waals surface area contributed by atoms with E-state index < -0.39 is 6.61 Å². The van der Waals surface area contributed by atoms with Crippen LogP contribution in [0.15, 0.2) is 30.4 Å². The van der Waals surface area contributed by atoms with Crippen molar-refractivity contribution in [1.82, 2.24) is 9.80 Å². The van der Waals surface area contributed by atoms with Gasteiger partial charge in [-0.25, -0.2) is 4.79 Å². The molecule has 1 saturated heterocycles. The van der Waals surface area contributed by atoms with E-state index in [1.807, 2.05) is 0 Å². The van der Waals surface area contributed by atoms with Crippen molar-refractivity contribution in [3.63, 3.8) is 0 Å². The van der Waals surface area contributed by atoms with E-state index in [4.69, 9.17) is 0 Å². The predicted molar refractivity (Wildman–Crippen MR) is 87.5 cm³/mol. The van der Waals surface area contributed by atoms with Crippen molar-refractivity contribution in [1.29, 1.82) is 0 Å². The highest BCUT2D eigenvalue weighted by Gasteiger charge is 2.30. The highest BCUT2D eigenvalue weighted by molar-refractivity contribution is 5.90. The number of halogens is 2.